The van der Waals surface area contributed by atoms with Gasteiger partial charge in [-0.15, -0.1) is 0 Å². The number of nitrogens with zero attached hydrogens (tertiary/aromatic N) is 1. The average molecular weight is 329 g/mol. The number of carbonyl (C=O) groups is 1. The molecule has 1 aliphatic carbocycles. The van der Waals surface area contributed by atoms with Gasteiger partial charge in [-0.3, -0.25) is 0 Å². The van der Waals surface area contributed by atoms with Crippen LogP contribution in [-0.4, -0.2) is 62.5 Å². The molecule has 136 valence electrons. The fraction of sp³-hybridized carbons (Fsp3) is 0.941. The van der Waals surface area contributed by atoms with Crippen molar-refractivity contribution in [3.63, 3.8) is 0 Å². The van der Waals surface area contributed by atoms with Crippen molar-refractivity contribution in [1.82, 2.24) is 10.2 Å². The third kappa shape index (κ3) is 7.99. The number of rotatable bonds is 8. The summed E-state index contributed by atoms with van der Waals surface area (Å²) in [5.41, 5.74) is 5.39. The zero-order chi connectivity index (χ0) is 17.3. The van der Waals surface area contributed by atoms with Crippen molar-refractivity contribution in [2.45, 2.75) is 58.1 Å². The van der Waals surface area contributed by atoms with Gasteiger partial charge in [0.05, 0.1) is 6.61 Å². The number of nitrogens with one attached hydrogen (secondary N) is 1. The molecule has 2 unspecified atom stereocenters. The first-order valence-corrected chi connectivity index (χ1v) is 8.77. The molecule has 3 N–H and O–H groups in total. The number of nitrogens with two attached hydrogens (primary N) is 1. The molecule has 0 bridgehead atoms. The lowest BCUT2D eigenvalue weighted by Gasteiger charge is -2.33. The SMILES string of the molecule is COCCN(CCNC1CCCCC1CN)C(=O)OC(C)(C)C. The van der Waals surface area contributed by atoms with Gasteiger partial charge in [-0.2, -0.15) is 0 Å². The third-order valence-electron chi connectivity index (χ3n) is 4.22. The molecule has 23 heavy (non-hydrogen) atoms. The molecule has 1 saturated carbocycles. The molecule has 1 rings (SSSR count). The number of methoxy groups -OCH3 is 1. The van der Waals surface area contributed by atoms with Crippen LogP contribution in [0.4, 0.5) is 4.79 Å². The number of carbonyl (C=O) groups excluding carboxylic acids is 1. The van der Waals surface area contributed by atoms with Gasteiger partial charge in [0, 0.05) is 32.8 Å². The second kappa shape index (κ2) is 10.1. The van der Waals surface area contributed by atoms with Gasteiger partial charge < -0.3 is 25.4 Å². The molecule has 6 heteroatoms. The molecule has 0 heterocycles. The molecular formula is C17H35N3O3. The van der Waals surface area contributed by atoms with E-state index in [2.05, 4.69) is 5.32 Å². The number of hydrogen-bond acceptors (Lipinski definition) is 5. The van der Waals surface area contributed by atoms with Crippen molar-refractivity contribution in [1.29, 1.82) is 0 Å². The highest BCUT2D eigenvalue weighted by Crippen LogP contribution is 2.23. The van der Waals surface area contributed by atoms with E-state index in [0.29, 0.717) is 31.7 Å². The molecule has 0 saturated heterocycles. The lowest BCUT2D eigenvalue weighted by molar-refractivity contribution is 0.0201. The molecule has 1 aliphatic rings. The Morgan fingerprint density at radius 3 is 2.57 bits per heavy atom. The van der Waals surface area contributed by atoms with Crippen molar-refractivity contribution in [3.05, 3.63) is 0 Å². The van der Waals surface area contributed by atoms with Crippen LogP contribution < -0.4 is 11.1 Å². The number of hydrogen-bond donors (Lipinski definition) is 2. The summed E-state index contributed by atoms with van der Waals surface area (Å²) < 4.78 is 10.6. The third-order valence-corrected chi connectivity index (χ3v) is 4.22. The van der Waals surface area contributed by atoms with E-state index in [4.69, 9.17) is 15.2 Å². The second-order valence-corrected chi connectivity index (χ2v) is 7.30. The largest absolute Gasteiger partial charge is 0.444 e. The highest BCUT2D eigenvalue weighted by Gasteiger charge is 2.25. The summed E-state index contributed by atoms with van der Waals surface area (Å²) in [5.74, 6) is 0.553. The Labute approximate surface area is 141 Å². The average Bonchev–Trinajstić information content (AvgIpc) is 2.49. The van der Waals surface area contributed by atoms with E-state index >= 15 is 0 Å². The van der Waals surface area contributed by atoms with Crippen LogP contribution in [0.15, 0.2) is 0 Å². The van der Waals surface area contributed by atoms with Gasteiger partial charge in [0.2, 0.25) is 0 Å². The van der Waals surface area contributed by atoms with E-state index in [1.807, 2.05) is 20.8 Å². The zero-order valence-corrected chi connectivity index (χ0v) is 15.3. The first-order chi connectivity index (χ1) is 10.9. The van der Waals surface area contributed by atoms with Gasteiger partial charge >= 0.3 is 6.09 Å². The Morgan fingerprint density at radius 1 is 1.26 bits per heavy atom. The zero-order valence-electron chi connectivity index (χ0n) is 15.3. The molecule has 6 nitrogen and oxygen atoms in total. The highest BCUT2D eigenvalue weighted by molar-refractivity contribution is 5.68. The maximum Gasteiger partial charge on any atom is 0.410 e. The first kappa shape index (κ1) is 20.2. The van der Waals surface area contributed by atoms with E-state index in [1.165, 1.54) is 25.7 Å². The minimum atomic E-state index is -0.482. The van der Waals surface area contributed by atoms with Gasteiger partial charge in [0.1, 0.15) is 5.60 Å². The van der Waals surface area contributed by atoms with Crippen LogP contribution in [0.1, 0.15) is 46.5 Å². The van der Waals surface area contributed by atoms with E-state index in [-0.39, 0.29) is 6.09 Å². The lowest BCUT2D eigenvalue weighted by Crippen LogP contribution is -2.47. The minimum Gasteiger partial charge on any atom is -0.444 e. The topological polar surface area (TPSA) is 76.8 Å². The predicted octanol–water partition coefficient (Wildman–Crippen LogP) is 1.98. The molecule has 0 radical (unpaired) electrons. The smallest absolute Gasteiger partial charge is 0.410 e. The molecule has 0 aromatic heterocycles. The van der Waals surface area contributed by atoms with Crippen LogP contribution in [-0.2, 0) is 9.47 Å². The van der Waals surface area contributed by atoms with Crippen LogP contribution in [0.5, 0.6) is 0 Å². The Balaban J connectivity index is 2.45. The van der Waals surface area contributed by atoms with Crippen molar-refractivity contribution >= 4 is 6.09 Å². The summed E-state index contributed by atoms with van der Waals surface area (Å²) in [6, 6.07) is 0.469. The van der Waals surface area contributed by atoms with Crippen LogP contribution in [0.3, 0.4) is 0 Å². The molecule has 1 amide bonds. The lowest BCUT2D eigenvalue weighted by atomic mass is 9.84. The quantitative estimate of drug-likeness (QED) is 0.712. The summed E-state index contributed by atoms with van der Waals surface area (Å²) in [7, 11) is 1.64. The number of amides is 1. The van der Waals surface area contributed by atoms with Crippen molar-refractivity contribution in [2.75, 3.05) is 39.9 Å². The minimum absolute atomic E-state index is 0.282. The molecule has 2 atom stereocenters. The first-order valence-electron chi connectivity index (χ1n) is 8.77. The Morgan fingerprint density at radius 2 is 1.96 bits per heavy atom. The maximum atomic E-state index is 12.3. The van der Waals surface area contributed by atoms with Gasteiger partial charge in [0.25, 0.3) is 0 Å². The summed E-state index contributed by atoms with van der Waals surface area (Å²) in [6.45, 7) is 8.79. The van der Waals surface area contributed by atoms with Crippen LogP contribution in [0, 0.1) is 5.92 Å². The van der Waals surface area contributed by atoms with E-state index in [9.17, 15) is 4.79 Å². The summed E-state index contributed by atoms with van der Waals surface area (Å²) in [5, 5.41) is 3.58. The Kier molecular flexibility index (Phi) is 8.87. The van der Waals surface area contributed by atoms with Crippen molar-refractivity contribution < 1.29 is 14.3 Å². The molecular weight excluding hydrogens is 294 g/mol. The molecule has 0 aliphatic heterocycles. The normalized spacial score (nSPS) is 22.0. The fourth-order valence-electron chi connectivity index (χ4n) is 2.97. The van der Waals surface area contributed by atoms with Crippen LogP contribution in [0.2, 0.25) is 0 Å². The molecule has 0 aromatic rings. The van der Waals surface area contributed by atoms with Gasteiger partial charge in [-0.1, -0.05) is 12.8 Å². The number of ether oxygens (including phenoxy) is 2. The van der Waals surface area contributed by atoms with Gasteiger partial charge in [-0.25, -0.2) is 4.79 Å². The van der Waals surface area contributed by atoms with Gasteiger partial charge in [-0.05, 0) is 46.1 Å². The monoisotopic (exact) mass is 329 g/mol. The van der Waals surface area contributed by atoms with Crippen molar-refractivity contribution in [3.8, 4) is 0 Å². The summed E-state index contributed by atoms with van der Waals surface area (Å²) in [6.07, 6.45) is 4.63. The fourth-order valence-corrected chi connectivity index (χ4v) is 2.97. The highest BCUT2D eigenvalue weighted by atomic mass is 16.6. The molecule has 0 aromatic carbocycles. The summed E-state index contributed by atoms with van der Waals surface area (Å²) in [4.78, 5) is 14.0. The van der Waals surface area contributed by atoms with Gasteiger partial charge in [0.15, 0.2) is 0 Å². The van der Waals surface area contributed by atoms with Crippen LogP contribution in [0.25, 0.3) is 0 Å². The molecule has 0 spiro atoms. The Bertz CT molecular complexity index is 344. The van der Waals surface area contributed by atoms with E-state index < -0.39 is 5.60 Å². The van der Waals surface area contributed by atoms with Crippen molar-refractivity contribution in [2.24, 2.45) is 11.7 Å². The van der Waals surface area contributed by atoms with E-state index in [0.717, 1.165) is 13.1 Å². The Hall–Kier alpha value is -0.850. The standard InChI is InChI=1S/C17H35N3O3/c1-17(2,3)23-16(21)20(11-12-22-4)10-9-19-15-8-6-5-7-14(15)13-18/h14-15,19H,5-13,18H2,1-4H3. The van der Waals surface area contributed by atoms with E-state index in [1.54, 1.807) is 12.0 Å². The van der Waals surface area contributed by atoms with Crippen LogP contribution >= 0.6 is 0 Å². The second-order valence-electron chi connectivity index (χ2n) is 7.30. The predicted molar refractivity (Wildman–Crippen MR) is 92.5 cm³/mol. The summed E-state index contributed by atoms with van der Waals surface area (Å²) >= 11 is 0. The molecule has 1 fully saturated rings. The maximum absolute atomic E-state index is 12.3.